The van der Waals surface area contributed by atoms with Crippen LogP contribution in [-0.2, 0) is 0 Å². The Morgan fingerprint density at radius 2 is 2.21 bits per heavy atom. The first kappa shape index (κ1) is 10.8. The molecule has 1 aromatic heterocycles. The smallest absolute Gasteiger partial charge is 0.213 e. The average molecular weight is 196 g/mol. The molecule has 0 aliphatic rings. The molecule has 0 aromatic carbocycles. The topological polar surface area (TPSA) is 34.6 Å². The fourth-order valence-electron chi connectivity index (χ4n) is 0.849. The van der Waals surface area contributed by atoms with Crippen LogP contribution in [-0.4, -0.2) is 37.3 Å². The third-order valence-corrected chi connectivity index (χ3v) is 1.91. The van der Waals surface area contributed by atoms with Crippen molar-refractivity contribution in [2.24, 2.45) is 0 Å². The number of ether oxygens (including phenoxy) is 2. The van der Waals surface area contributed by atoms with Gasteiger partial charge in [-0.3, -0.25) is 4.90 Å². The Morgan fingerprint density at radius 1 is 1.43 bits per heavy atom. The van der Waals surface area contributed by atoms with Crippen molar-refractivity contribution in [3.63, 3.8) is 0 Å². The van der Waals surface area contributed by atoms with Crippen LogP contribution in [0.1, 0.15) is 6.92 Å². The predicted molar refractivity (Wildman–Crippen MR) is 54.6 cm³/mol. The zero-order chi connectivity index (χ0) is 10.4. The van der Waals surface area contributed by atoms with Crippen molar-refractivity contribution in [3.8, 4) is 11.6 Å². The number of methoxy groups -OCH3 is 1. The molecule has 1 rings (SSSR count). The summed E-state index contributed by atoms with van der Waals surface area (Å²) in [6.45, 7) is 3.61. The van der Waals surface area contributed by atoms with Crippen LogP contribution in [0.5, 0.6) is 11.6 Å². The van der Waals surface area contributed by atoms with Gasteiger partial charge >= 0.3 is 0 Å². The number of hydrogen-bond donors (Lipinski definition) is 0. The number of rotatable bonds is 5. The molecule has 1 heterocycles. The highest BCUT2D eigenvalue weighted by Gasteiger charge is 1.98. The Balaban J connectivity index is 2.43. The van der Waals surface area contributed by atoms with E-state index in [0.717, 1.165) is 12.3 Å². The molecule has 0 aliphatic carbocycles. The summed E-state index contributed by atoms with van der Waals surface area (Å²) in [6, 6.07) is 3.62. The summed E-state index contributed by atoms with van der Waals surface area (Å²) >= 11 is 0. The van der Waals surface area contributed by atoms with Crippen molar-refractivity contribution >= 4 is 0 Å². The minimum absolute atomic E-state index is 0.574. The van der Waals surface area contributed by atoms with Gasteiger partial charge in [0.1, 0.15) is 12.5 Å². The molecule has 0 saturated heterocycles. The maximum atomic E-state index is 5.47. The fourth-order valence-corrected chi connectivity index (χ4v) is 0.849. The van der Waals surface area contributed by atoms with E-state index in [2.05, 4.69) is 16.8 Å². The van der Waals surface area contributed by atoms with E-state index in [1.165, 1.54) is 0 Å². The van der Waals surface area contributed by atoms with Gasteiger partial charge in [0.2, 0.25) is 5.88 Å². The van der Waals surface area contributed by atoms with Gasteiger partial charge in [-0.1, -0.05) is 6.92 Å². The molecule has 0 bridgehead atoms. The van der Waals surface area contributed by atoms with Crippen LogP contribution in [0.25, 0.3) is 0 Å². The molecule has 0 atom stereocenters. The van der Waals surface area contributed by atoms with E-state index in [9.17, 15) is 0 Å². The molecule has 0 radical (unpaired) electrons. The molecule has 0 unspecified atom stereocenters. The first-order chi connectivity index (χ1) is 6.76. The van der Waals surface area contributed by atoms with Gasteiger partial charge < -0.3 is 9.47 Å². The second-order valence-corrected chi connectivity index (χ2v) is 2.98. The normalized spacial score (nSPS) is 10.3. The highest BCUT2D eigenvalue weighted by molar-refractivity contribution is 5.22. The number of aromatic nitrogens is 1. The monoisotopic (exact) mass is 196 g/mol. The molecule has 4 heteroatoms. The summed E-state index contributed by atoms with van der Waals surface area (Å²) in [5, 5.41) is 0. The van der Waals surface area contributed by atoms with E-state index in [1.807, 2.05) is 13.1 Å². The molecule has 4 nitrogen and oxygen atoms in total. The van der Waals surface area contributed by atoms with Gasteiger partial charge in [-0.15, -0.1) is 0 Å². The third kappa shape index (κ3) is 3.22. The second-order valence-electron chi connectivity index (χ2n) is 2.98. The second kappa shape index (κ2) is 5.44. The Morgan fingerprint density at radius 3 is 2.71 bits per heavy atom. The third-order valence-electron chi connectivity index (χ3n) is 1.91. The maximum Gasteiger partial charge on any atom is 0.213 e. The van der Waals surface area contributed by atoms with Gasteiger partial charge in [0.05, 0.1) is 13.3 Å². The van der Waals surface area contributed by atoms with Crippen LogP contribution in [0.4, 0.5) is 0 Å². The molecule has 0 spiro atoms. The molecule has 0 aliphatic heterocycles. The lowest BCUT2D eigenvalue weighted by Crippen LogP contribution is -2.23. The van der Waals surface area contributed by atoms with Gasteiger partial charge in [-0.05, 0) is 19.7 Å². The Hall–Kier alpha value is -1.29. The molecule has 0 N–H and O–H groups in total. The first-order valence-electron chi connectivity index (χ1n) is 4.57. The summed E-state index contributed by atoms with van der Waals surface area (Å²) in [7, 11) is 3.59. The van der Waals surface area contributed by atoms with Gasteiger partial charge in [-0.2, -0.15) is 0 Å². The lowest BCUT2D eigenvalue weighted by atomic mass is 10.4. The van der Waals surface area contributed by atoms with Crippen LogP contribution in [0, 0.1) is 0 Å². The van der Waals surface area contributed by atoms with Crippen molar-refractivity contribution < 1.29 is 9.47 Å². The lowest BCUT2D eigenvalue weighted by Gasteiger charge is -2.14. The summed E-state index contributed by atoms with van der Waals surface area (Å²) < 4.78 is 10.4. The molecule has 0 saturated carbocycles. The predicted octanol–water partition coefficient (Wildman–Crippen LogP) is 1.38. The highest BCUT2D eigenvalue weighted by atomic mass is 16.5. The average Bonchev–Trinajstić information content (AvgIpc) is 2.26. The first-order valence-corrected chi connectivity index (χ1v) is 4.57. The van der Waals surface area contributed by atoms with Crippen molar-refractivity contribution in [2.75, 3.05) is 27.4 Å². The van der Waals surface area contributed by atoms with Gasteiger partial charge in [0.25, 0.3) is 0 Å². The fraction of sp³-hybridized carbons (Fsp3) is 0.500. The standard InChI is InChI=1S/C10H16N2O2/c1-4-12(2)8-14-9-5-6-10(13-3)11-7-9/h5-7H,4,8H2,1-3H3. The van der Waals surface area contributed by atoms with Crippen LogP contribution in [0.15, 0.2) is 18.3 Å². The van der Waals surface area contributed by atoms with Crippen LogP contribution in [0.3, 0.4) is 0 Å². The lowest BCUT2D eigenvalue weighted by molar-refractivity contribution is 0.158. The molecule has 78 valence electrons. The van der Waals surface area contributed by atoms with E-state index < -0.39 is 0 Å². The quantitative estimate of drug-likeness (QED) is 0.666. The SMILES string of the molecule is CCN(C)COc1ccc(OC)nc1. The van der Waals surface area contributed by atoms with Gasteiger partial charge in [0.15, 0.2) is 0 Å². The Kier molecular flexibility index (Phi) is 4.19. The van der Waals surface area contributed by atoms with Crippen LogP contribution < -0.4 is 9.47 Å². The summed E-state index contributed by atoms with van der Waals surface area (Å²) in [5.74, 6) is 1.35. The number of hydrogen-bond acceptors (Lipinski definition) is 4. The summed E-state index contributed by atoms with van der Waals surface area (Å²) in [4.78, 5) is 6.09. The van der Waals surface area contributed by atoms with E-state index in [0.29, 0.717) is 12.6 Å². The molecule has 0 amide bonds. The minimum atomic E-state index is 0.574. The number of nitrogens with zero attached hydrogens (tertiary/aromatic N) is 2. The zero-order valence-electron chi connectivity index (χ0n) is 8.86. The van der Waals surface area contributed by atoms with E-state index >= 15 is 0 Å². The molecular formula is C10H16N2O2. The summed E-state index contributed by atoms with van der Waals surface area (Å²) in [5.41, 5.74) is 0. The van der Waals surface area contributed by atoms with Crippen molar-refractivity contribution in [1.82, 2.24) is 9.88 Å². The van der Waals surface area contributed by atoms with Crippen molar-refractivity contribution in [3.05, 3.63) is 18.3 Å². The minimum Gasteiger partial charge on any atom is -0.481 e. The molecule has 1 aromatic rings. The van der Waals surface area contributed by atoms with Crippen LogP contribution in [0.2, 0.25) is 0 Å². The largest absolute Gasteiger partial charge is 0.481 e. The zero-order valence-corrected chi connectivity index (χ0v) is 8.86. The van der Waals surface area contributed by atoms with E-state index in [1.54, 1.807) is 19.4 Å². The van der Waals surface area contributed by atoms with Gasteiger partial charge in [-0.25, -0.2) is 4.98 Å². The molecule has 14 heavy (non-hydrogen) atoms. The van der Waals surface area contributed by atoms with Crippen LogP contribution >= 0.6 is 0 Å². The van der Waals surface area contributed by atoms with E-state index in [-0.39, 0.29) is 0 Å². The molecular weight excluding hydrogens is 180 g/mol. The summed E-state index contributed by atoms with van der Waals surface area (Å²) in [6.07, 6.45) is 1.66. The van der Waals surface area contributed by atoms with Gasteiger partial charge in [0, 0.05) is 6.07 Å². The van der Waals surface area contributed by atoms with Crippen molar-refractivity contribution in [1.29, 1.82) is 0 Å². The maximum absolute atomic E-state index is 5.47. The highest BCUT2D eigenvalue weighted by Crippen LogP contribution is 2.12. The Labute approximate surface area is 84.5 Å². The number of pyridine rings is 1. The Bertz CT molecular complexity index is 261. The van der Waals surface area contributed by atoms with Crippen molar-refractivity contribution in [2.45, 2.75) is 6.92 Å². The molecule has 0 fully saturated rings. The van der Waals surface area contributed by atoms with E-state index in [4.69, 9.17) is 9.47 Å².